The second-order valence-corrected chi connectivity index (χ2v) is 3.12. The average molecular weight is 192 g/mol. The van der Waals surface area contributed by atoms with Crippen molar-refractivity contribution in [1.29, 1.82) is 0 Å². The van der Waals surface area contributed by atoms with Crippen molar-refractivity contribution in [2.45, 2.75) is 0 Å². The molecule has 0 aliphatic carbocycles. The Hall–Kier alpha value is -1.28. The van der Waals surface area contributed by atoms with E-state index in [-0.39, 0.29) is 0 Å². The Bertz CT molecular complexity index is 440. The Morgan fingerprint density at radius 1 is 1.31 bits per heavy atom. The van der Waals surface area contributed by atoms with Crippen molar-refractivity contribution < 1.29 is 0 Å². The zero-order valence-corrected chi connectivity index (χ0v) is 7.92. The van der Waals surface area contributed by atoms with Gasteiger partial charge in [-0.1, -0.05) is 29.8 Å². The Kier molecular flexibility index (Phi) is 2.07. The van der Waals surface area contributed by atoms with Gasteiger partial charge in [0.25, 0.3) is 0 Å². The van der Waals surface area contributed by atoms with E-state index in [1.165, 1.54) is 0 Å². The van der Waals surface area contributed by atoms with Crippen LogP contribution in [-0.4, -0.2) is 12.0 Å². The first-order valence-electron chi connectivity index (χ1n) is 3.96. The zero-order chi connectivity index (χ0) is 9.26. The molecule has 0 saturated carbocycles. The number of benzene rings is 1. The van der Waals surface area contributed by atoms with Gasteiger partial charge in [-0.3, -0.25) is 5.32 Å². The van der Waals surface area contributed by atoms with Crippen molar-refractivity contribution in [2.75, 3.05) is 7.05 Å². The number of pyridine rings is 1. The smallest absolute Gasteiger partial charge is 0.166 e. The lowest BCUT2D eigenvalue weighted by Crippen LogP contribution is -1.92. The number of aromatic nitrogens is 1. The zero-order valence-electron chi connectivity index (χ0n) is 7.16. The van der Waals surface area contributed by atoms with Crippen LogP contribution in [0.1, 0.15) is 0 Å². The molecule has 0 aliphatic heterocycles. The van der Waals surface area contributed by atoms with E-state index >= 15 is 0 Å². The maximum atomic E-state index is 5.95. The SMILES string of the molecule is C[N]c1nc2ccccc2cc1Cl. The number of para-hydroxylation sites is 1. The summed E-state index contributed by atoms with van der Waals surface area (Å²) in [6.45, 7) is 0. The average Bonchev–Trinajstić information content (AvgIpc) is 2.17. The normalized spacial score (nSPS) is 10.3. The van der Waals surface area contributed by atoms with E-state index < -0.39 is 0 Å². The molecule has 0 aliphatic rings. The molecular weight excluding hydrogens is 184 g/mol. The first-order valence-corrected chi connectivity index (χ1v) is 4.34. The third-order valence-corrected chi connectivity index (χ3v) is 2.15. The molecule has 2 rings (SSSR count). The minimum atomic E-state index is 0.598. The minimum Gasteiger partial charge on any atom is -0.269 e. The maximum absolute atomic E-state index is 5.95. The van der Waals surface area contributed by atoms with Crippen molar-refractivity contribution in [1.82, 2.24) is 10.3 Å². The third kappa shape index (κ3) is 1.45. The fourth-order valence-corrected chi connectivity index (χ4v) is 1.48. The molecule has 2 nitrogen and oxygen atoms in total. The lowest BCUT2D eigenvalue weighted by Gasteiger charge is -2.02. The van der Waals surface area contributed by atoms with Crippen molar-refractivity contribution in [3.05, 3.63) is 35.4 Å². The van der Waals surface area contributed by atoms with Gasteiger partial charge in [0.05, 0.1) is 10.5 Å². The highest BCUT2D eigenvalue weighted by molar-refractivity contribution is 6.33. The summed E-state index contributed by atoms with van der Waals surface area (Å²) in [5, 5.41) is 5.62. The monoisotopic (exact) mass is 191 g/mol. The molecule has 1 heterocycles. The van der Waals surface area contributed by atoms with Crippen molar-refractivity contribution in [3.8, 4) is 0 Å². The van der Waals surface area contributed by atoms with E-state index in [0.717, 1.165) is 10.9 Å². The standard InChI is InChI=1S/C10H8ClN2/c1-12-10-8(11)6-7-4-2-3-5-9(7)13-10/h2-6H,1H3. The summed E-state index contributed by atoms with van der Waals surface area (Å²) >= 11 is 5.95. The van der Waals surface area contributed by atoms with E-state index in [1.54, 1.807) is 7.05 Å². The molecule has 0 amide bonds. The summed E-state index contributed by atoms with van der Waals surface area (Å²) in [6.07, 6.45) is 0. The molecule has 0 saturated heterocycles. The molecule has 1 aromatic carbocycles. The van der Waals surface area contributed by atoms with Gasteiger partial charge < -0.3 is 0 Å². The molecule has 3 heteroatoms. The highest BCUT2D eigenvalue weighted by Crippen LogP contribution is 2.23. The Balaban J connectivity index is 2.74. The Labute approximate surface area is 81.6 Å². The second-order valence-electron chi connectivity index (χ2n) is 2.71. The summed E-state index contributed by atoms with van der Waals surface area (Å²) in [7, 11) is 1.68. The molecular formula is C10H8ClN2. The van der Waals surface area contributed by atoms with Crippen LogP contribution in [-0.2, 0) is 0 Å². The largest absolute Gasteiger partial charge is 0.269 e. The molecule has 2 aromatic rings. The second kappa shape index (κ2) is 3.23. The number of halogens is 1. The van der Waals surface area contributed by atoms with Crippen LogP contribution in [0.5, 0.6) is 0 Å². The number of hydrogen-bond acceptors (Lipinski definition) is 1. The maximum Gasteiger partial charge on any atom is 0.166 e. The Morgan fingerprint density at radius 3 is 2.85 bits per heavy atom. The van der Waals surface area contributed by atoms with Crippen LogP contribution in [0.4, 0.5) is 5.82 Å². The molecule has 13 heavy (non-hydrogen) atoms. The molecule has 1 radical (unpaired) electrons. The van der Waals surface area contributed by atoms with Crippen LogP contribution in [0, 0.1) is 0 Å². The van der Waals surface area contributed by atoms with Crippen LogP contribution < -0.4 is 5.32 Å². The number of hydrogen-bond donors (Lipinski definition) is 0. The lowest BCUT2D eigenvalue weighted by molar-refractivity contribution is 1.04. The molecule has 0 fully saturated rings. The lowest BCUT2D eigenvalue weighted by atomic mass is 10.2. The number of nitrogens with zero attached hydrogens (tertiary/aromatic N) is 2. The summed E-state index contributed by atoms with van der Waals surface area (Å²) < 4.78 is 0. The number of rotatable bonds is 1. The Morgan fingerprint density at radius 2 is 2.08 bits per heavy atom. The van der Waals surface area contributed by atoms with Crippen LogP contribution in [0.25, 0.3) is 10.9 Å². The van der Waals surface area contributed by atoms with Crippen molar-refractivity contribution in [3.63, 3.8) is 0 Å². The van der Waals surface area contributed by atoms with Crippen LogP contribution in [0.3, 0.4) is 0 Å². The third-order valence-electron chi connectivity index (χ3n) is 1.87. The van der Waals surface area contributed by atoms with E-state index in [4.69, 9.17) is 11.6 Å². The van der Waals surface area contributed by atoms with Crippen LogP contribution >= 0.6 is 11.6 Å². The van der Waals surface area contributed by atoms with Crippen LogP contribution in [0.15, 0.2) is 30.3 Å². The molecule has 1 aromatic heterocycles. The fraction of sp³-hybridized carbons (Fsp3) is 0.100. The van der Waals surface area contributed by atoms with E-state index in [1.807, 2.05) is 30.3 Å². The molecule has 0 atom stereocenters. The summed E-state index contributed by atoms with van der Waals surface area (Å²) in [4.78, 5) is 4.29. The van der Waals surface area contributed by atoms with Crippen LogP contribution in [0.2, 0.25) is 5.02 Å². The van der Waals surface area contributed by atoms with Gasteiger partial charge in [-0.2, -0.15) is 0 Å². The van der Waals surface area contributed by atoms with Gasteiger partial charge >= 0.3 is 0 Å². The molecule has 0 unspecified atom stereocenters. The van der Waals surface area contributed by atoms with Gasteiger partial charge in [0.1, 0.15) is 0 Å². The number of fused-ring (bicyclic) bond motifs is 1. The molecule has 0 bridgehead atoms. The fourth-order valence-electron chi connectivity index (χ4n) is 1.24. The van der Waals surface area contributed by atoms with Gasteiger partial charge in [0.2, 0.25) is 0 Å². The summed E-state index contributed by atoms with van der Waals surface area (Å²) in [6, 6.07) is 9.71. The molecule has 0 spiro atoms. The minimum absolute atomic E-state index is 0.598. The predicted octanol–water partition coefficient (Wildman–Crippen LogP) is 2.75. The van der Waals surface area contributed by atoms with Crippen molar-refractivity contribution >= 4 is 28.3 Å². The highest BCUT2D eigenvalue weighted by Gasteiger charge is 2.02. The van der Waals surface area contributed by atoms with E-state index in [9.17, 15) is 0 Å². The van der Waals surface area contributed by atoms with Gasteiger partial charge in [-0.25, -0.2) is 4.98 Å². The van der Waals surface area contributed by atoms with Crippen molar-refractivity contribution in [2.24, 2.45) is 0 Å². The van der Waals surface area contributed by atoms with Gasteiger partial charge in [-0.15, -0.1) is 0 Å². The van der Waals surface area contributed by atoms with Gasteiger partial charge in [-0.05, 0) is 12.1 Å². The summed E-state index contributed by atoms with van der Waals surface area (Å²) in [5.74, 6) is 0.598. The highest BCUT2D eigenvalue weighted by atomic mass is 35.5. The first-order chi connectivity index (χ1) is 6.31. The van der Waals surface area contributed by atoms with Gasteiger partial charge in [0, 0.05) is 12.4 Å². The predicted molar refractivity (Wildman–Crippen MR) is 54.5 cm³/mol. The first kappa shape index (κ1) is 8.32. The van der Waals surface area contributed by atoms with E-state index in [2.05, 4.69) is 10.3 Å². The molecule has 65 valence electrons. The summed E-state index contributed by atoms with van der Waals surface area (Å²) in [5.41, 5.74) is 0.924. The quantitative estimate of drug-likeness (QED) is 0.681. The topological polar surface area (TPSA) is 27.0 Å². The van der Waals surface area contributed by atoms with E-state index in [0.29, 0.717) is 10.8 Å². The molecule has 0 N–H and O–H groups in total. The van der Waals surface area contributed by atoms with Gasteiger partial charge in [0.15, 0.2) is 5.82 Å².